The Labute approximate surface area is 123 Å². The number of amides is 2. The third-order valence-corrected chi connectivity index (χ3v) is 4.34. The van der Waals surface area contributed by atoms with Gasteiger partial charge in [-0.3, -0.25) is 14.5 Å². The van der Waals surface area contributed by atoms with Gasteiger partial charge in [-0.2, -0.15) is 0 Å². The molecule has 1 aromatic rings. The maximum absolute atomic E-state index is 12.2. The molecule has 0 saturated carbocycles. The van der Waals surface area contributed by atoms with Gasteiger partial charge < -0.3 is 9.84 Å². The number of ether oxygens (including phenoxy) is 1. The Bertz CT molecular complexity index is 598. The van der Waals surface area contributed by atoms with E-state index in [9.17, 15) is 14.7 Å². The van der Waals surface area contributed by atoms with Gasteiger partial charge in [-0.1, -0.05) is 12.1 Å². The Morgan fingerprint density at radius 2 is 2.10 bits per heavy atom. The number of fused-ring (bicyclic) bond motifs is 1. The molecular formula is C16H19NO4. The lowest BCUT2D eigenvalue weighted by atomic mass is 9.93. The lowest BCUT2D eigenvalue weighted by Gasteiger charge is -2.25. The van der Waals surface area contributed by atoms with Crippen molar-refractivity contribution in [2.45, 2.75) is 44.5 Å². The molecule has 0 radical (unpaired) electrons. The van der Waals surface area contributed by atoms with Crippen molar-refractivity contribution in [2.75, 3.05) is 7.05 Å². The molecule has 112 valence electrons. The van der Waals surface area contributed by atoms with Crippen molar-refractivity contribution in [3.63, 3.8) is 0 Å². The van der Waals surface area contributed by atoms with Crippen LogP contribution in [0.5, 0.6) is 0 Å². The molecular weight excluding hydrogens is 270 g/mol. The van der Waals surface area contributed by atoms with Crippen LogP contribution in [0.25, 0.3) is 0 Å². The summed E-state index contributed by atoms with van der Waals surface area (Å²) in [5.41, 5.74) is 1.89. The maximum Gasteiger partial charge on any atom is 0.260 e. The summed E-state index contributed by atoms with van der Waals surface area (Å²) in [5, 5.41) is 10.4. The van der Waals surface area contributed by atoms with Gasteiger partial charge in [0.2, 0.25) is 5.91 Å². The van der Waals surface area contributed by atoms with Gasteiger partial charge in [-0.05, 0) is 37.0 Å². The van der Waals surface area contributed by atoms with Crippen molar-refractivity contribution in [2.24, 2.45) is 0 Å². The van der Waals surface area contributed by atoms with Crippen molar-refractivity contribution in [1.82, 2.24) is 4.90 Å². The number of carbonyl (C=O) groups is 2. The highest BCUT2D eigenvalue weighted by Crippen LogP contribution is 2.31. The predicted octanol–water partition coefficient (Wildman–Crippen LogP) is 1.44. The fourth-order valence-electron chi connectivity index (χ4n) is 2.99. The molecule has 0 spiro atoms. The normalized spacial score (nSPS) is 26.9. The van der Waals surface area contributed by atoms with E-state index in [1.807, 2.05) is 6.92 Å². The van der Waals surface area contributed by atoms with E-state index >= 15 is 0 Å². The van der Waals surface area contributed by atoms with Gasteiger partial charge in [0, 0.05) is 12.6 Å². The first-order chi connectivity index (χ1) is 9.97. The van der Waals surface area contributed by atoms with E-state index < -0.39 is 6.10 Å². The zero-order valence-corrected chi connectivity index (χ0v) is 12.2. The molecule has 1 fully saturated rings. The summed E-state index contributed by atoms with van der Waals surface area (Å²) >= 11 is 0. The van der Waals surface area contributed by atoms with Crippen molar-refractivity contribution in [1.29, 1.82) is 0 Å². The van der Waals surface area contributed by atoms with Crippen molar-refractivity contribution in [3.05, 3.63) is 34.9 Å². The molecule has 21 heavy (non-hydrogen) atoms. The Morgan fingerprint density at radius 1 is 1.33 bits per heavy atom. The van der Waals surface area contributed by atoms with Crippen LogP contribution in [0.2, 0.25) is 0 Å². The second kappa shape index (κ2) is 5.24. The third kappa shape index (κ3) is 2.47. The molecule has 1 saturated heterocycles. The number of aliphatic hydroxyl groups is 1. The Balaban J connectivity index is 1.89. The average Bonchev–Trinajstić information content (AvgIpc) is 2.90. The minimum Gasteiger partial charge on any atom is -0.386 e. The van der Waals surface area contributed by atoms with Crippen molar-refractivity contribution in [3.8, 4) is 0 Å². The van der Waals surface area contributed by atoms with E-state index in [1.165, 1.54) is 7.05 Å². The molecule has 3 atom stereocenters. The second-order valence-electron chi connectivity index (χ2n) is 5.86. The topological polar surface area (TPSA) is 66.8 Å². The van der Waals surface area contributed by atoms with Gasteiger partial charge in [-0.15, -0.1) is 0 Å². The number of hydrogen-bond donors (Lipinski definition) is 1. The molecule has 5 heteroatoms. The lowest BCUT2D eigenvalue weighted by Crippen LogP contribution is -2.39. The van der Waals surface area contributed by atoms with Crippen LogP contribution >= 0.6 is 0 Å². The predicted molar refractivity (Wildman–Crippen MR) is 75.8 cm³/mol. The number of carbonyl (C=O) groups excluding carboxylic acids is 2. The van der Waals surface area contributed by atoms with Crippen LogP contribution in [-0.2, 0) is 16.0 Å². The fraction of sp³-hybridized carbons (Fsp3) is 0.500. The molecule has 2 heterocycles. The SMILES string of the molecule is CC1CCC(C(O)c2ccc3c(c2)C(=O)N(C)C(=O)C3)O1. The van der Waals surface area contributed by atoms with Gasteiger partial charge >= 0.3 is 0 Å². The number of likely N-dealkylation sites (N-methyl/N-ethyl adjacent to an activating group) is 1. The standard InChI is InChI=1S/C16H19NO4/c1-9-3-6-13(21-9)15(19)11-5-4-10-8-14(18)17(2)16(20)12(10)7-11/h4-5,7,9,13,15,19H,3,6,8H2,1-2H3. The van der Waals surface area contributed by atoms with Crippen LogP contribution in [0.1, 0.15) is 47.4 Å². The fourth-order valence-corrected chi connectivity index (χ4v) is 2.99. The summed E-state index contributed by atoms with van der Waals surface area (Å²) in [5.74, 6) is -0.509. The first-order valence-corrected chi connectivity index (χ1v) is 7.24. The van der Waals surface area contributed by atoms with Crippen molar-refractivity contribution >= 4 is 11.8 Å². The Hall–Kier alpha value is -1.72. The van der Waals surface area contributed by atoms with Gasteiger partial charge in [0.1, 0.15) is 6.10 Å². The van der Waals surface area contributed by atoms with Crippen LogP contribution in [0, 0.1) is 0 Å². The Morgan fingerprint density at radius 3 is 2.76 bits per heavy atom. The second-order valence-corrected chi connectivity index (χ2v) is 5.86. The molecule has 3 unspecified atom stereocenters. The number of benzene rings is 1. The molecule has 5 nitrogen and oxygen atoms in total. The minimum atomic E-state index is -0.740. The van der Waals surface area contributed by atoms with E-state index in [0.717, 1.165) is 23.3 Å². The van der Waals surface area contributed by atoms with E-state index in [-0.39, 0.29) is 30.4 Å². The lowest BCUT2D eigenvalue weighted by molar-refractivity contribution is -0.127. The highest BCUT2D eigenvalue weighted by Gasteiger charge is 2.32. The van der Waals surface area contributed by atoms with Crippen LogP contribution in [0.15, 0.2) is 18.2 Å². The molecule has 2 aliphatic heterocycles. The first kappa shape index (κ1) is 14.2. The molecule has 1 N–H and O–H groups in total. The van der Waals surface area contributed by atoms with E-state index in [2.05, 4.69) is 0 Å². The highest BCUT2D eigenvalue weighted by atomic mass is 16.5. The summed E-state index contributed by atoms with van der Waals surface area (Å²) in [6.07, 6.45) is 1.17. The molecule has 2 aliphatic rings. The number of aliphatic hydroxyl groups excluding tert-OH is 1. The van der Waals surface area contributed by atoms with Gasteiger partial charge in [0.25, 0.3) is 5.91 Å². The number of imide groups is 1. The van der Waals surface area contributed by atoms with Crippen LogP contribution < -0.4 is 0 Å². The molecule has 2 amide bonds. The van der Waals surface area contributed by atoms with E-state index in [0.29, 0.717) is 11.1 Å². The average molecular weight is 289 g/mol. The third-order valence-electron chi connectivity index (χ3n) is 4.34. The molecule has 1 aromatic carbocycles. The van der Waals surface area contributed by atoms with Crippen LogP contribution in [0.3, 0.4) is 0 Å². The Kier molecular flexibility index (Phi) is 3.55. The number of rotatable bonds is 2. The summed E-state index contributed by atoms with van der Waals surface area (Å²) in [6.45, 7) is 1.99. The first-order valence-electron chi connectivity index (χ1n) is 7.24. The summed E-state index contributed by atoms with van der Waals surface area (Å²) in [7, 11) is 1.48. The van der Waals surface area contributed by atoms with E-state index in [4.69, 9.17) is 4.74 Å². The molecule has 0 aliphatic carbocycles. The monoisotopic (exact) mass is 289 g/mol. The largest absolute Gasteiger partial charge is 0.386 e. The zero-order chi connectivity index (χ0) is 15.1. The van der Waals surface area contributed by atoms with Gasteiger partial charge in [0.05, 0.1) is 18.6 Å². The van der Waals surface area contributed by atoms with Crippen molar-refractivity contribution < 1.29 is 19.4 Å². The minimum absolute atomic E-state index is 0.160. The van der Waals surface area contributed by atoms with Crippen LogP contribution in [-0.4, -0.2) is 41.1 Å². The van der Waals surface area contributed by atoms with E-state index in [1.54, 1.807) is 18.2 Å². The summed E-state index contributed by atoms with van der Waals surface area (Å²) < 4.78 is 5.69. The molecule has 0 bridgehead atoms. The smallest absolute Gasteiger partial charge is 0.260 e. The summed E-state index contributed by atoms with van der Waals surface area (Å²) in [4.78, 5) is 25.0. The quantitative estimate of drug-likeness (QED) is 0.837. The zero-order valence-electron chi connectivity index (χ0n) is 12.2. The number of hydrogen-bond acceptors (Lipinski definition) is 4. The van der Waals surface area contributed by atoms with Gasteiger partial charge in [-0.25, -0.2) is 0 Å². The number of nitrogens with zero attached hydrogens (tertiary/aromatic N) is 1. The van der Waals surface area contributed by atoms with Crippen LogP contribution in [0.4, 0.5) is 0 Å². The summed E-state index contributed by atoms with van der Waals surface area (Å²) in [6, 6.07) is 5.23. The molecule has 3 rings (SSSR count). The van der Waals surface area contributed by atoms with Gasteiger partial charge in [0.15, 0.2) is 0 Å². The maximum atomic E-state index is 12.2. The molecule has 0 aromatic heterocycles. The highest BCUT2D eigenvalue weighted by molar-refractivity contribution is 6.09.